The van der Waals surface area contributed by atoms with Crippen LogP contribution in [0.15, 0.2) is 36.4 Å². The van der Waals surface area contributed by atoms with Crippen LogP contribution in [-0.2, 0) is 20.3 Å². The van der Waals surface area contributed by atoms with E-state index in [9.17, 15) is 0 Å². The summed E-state index contributed by atoms with van der Waals surface area (Å²) in [6.45, 7) is 5.73. The lowest BCUT2D eigenvalue weighted by Crippen LogP contribution is -2.46. The van der Waals surface area contributed by atoms with Crippen molar-refractivity contribution in [1.29, 1.82) is 0 Å². The Labute approximate surface area is 184 Å². The van der Waals surface area contributed by atoms with Gasteiger partial charge in [0.05, 0.1) is 18.1 Å². The largest absolute Gasteiger partial charge is 0.497 e. The number of methoxy groups -OCH3 is 1. The zero-order valence-corrected chi connectivity index (χ0v) is 18.9. The first-order chi connectivity index (χ1) is 14.0. The molecule has 3 aromatic rings. The van der Waals surface area contributed by atoms with E-state index in [1.165, 1.54) is 4.88 Å². The molecular formula is C20H24ClN5OS2. The first kappa shape index (κ1) is 20.6. The third-order valence-electron chi connectivity index (χ3n) is 5.20. The minimum absolute atomic E-state index is 0.710. The van der Waals surface area contributed by atoms with E-state index in [-0.39, 0.29) is 0 Å². The molecule has 0 radical (unpaired) electrons. The lowest BCUT2D eigenvalue weighted by molar-refractivity contribution is 0.0987. The number of benzene rings is 1. The van der Waals surface area contributed by atoms with Crippen molar-refractivity contribution in [2.45, 2.75) is 13.2 Å². The molecular weight excluding hydrogens is 426 g/mol. The zero-order chi connectivity index (χ0) is 20.4. The molecule has 154 valence electrons. The molecule has 0 atom stereocenters. The summed E-state index contributed by atoms with van der Waals surface area (Å²) in [7, 11) is 3.63. The number of aromatic nitrogens is 3. The summed E-state index contributed by atoms with van der Waals surface area (Å²) in [5.41, 5.74) is 1.03. The van der Waals surface area contributed by atoms with Crippen LogP contribution in [-0.4, -0.2) is 57.4 Å². The van der Waals surface area contributed by atoms with Crippen LogP contribution in [0.25, 0.3) is 11.4 Å². The van der Waals surface area contributed by atoms with Gasteiger partial charge in [-0.25, -0.2) is 4.68 Å². The quantitative estimate of drug-likeness (QED) is 0.529. The molecule has 1 aliphatic heterocycles. The van der Waals surface area contributed by atoms with Gasteiger partial charge in [0.1, 0.15) is 5.75 Å². The van der Waals surface area contributed by atoms with Crippen LogP contribution in [0.5, 0.6) is 5.75 Å². The lowest BCUT2D eigenvalue weighted by Gasteiger charge is -2.34. The maximum Gasteiger partial charge on any atom is 0.199 e. The van der Waals surface area contributed by atoms with Crippen LogP contribution in [0.3, 0.4) is 0 Å². The summed E-state index contributed by atoms with van der Waals surface area (Å²) in [5, 5.41) is 4.79. The summed E-state index contributed by atoms with van der Waals surface area (Å²) in [5.74, 6) is 1.70. The number of piperazine rings is 1. The average Bonchev–Trinajstić information content (AvgIpc) is 3.27. The van der Waals surface area contributed by atoms with Gasteiger partial charge in [-0.1, -0.05) is 11.6 Å². The molecule has 29 heavy (non-hydrogen) atoms. The minimum atomic E-state index is 0.710. The van der Waals surface area contributed by atoms with Gasteiger partial charge in [-0.3, -0.25) is 9.80 Å². The van der Waals surface area contributed by atoms with Gasteiger partial charge in [-0.2, -0.15) is 5.10 Å². The second-order valence-electron chi connectivity index (χ2n) is 7.13. The second kappa shape index (κ2) is 8.97. The van der Waals surface area contributed by atoms with E-state index in [1.54, 1.807) is 18.4 Å². The monoisotopic (exact) mass is 449 g/mol. The molecule has 9 heteroatoms. The number of ether oxygens (including phenoxy) is 1. The number of halogens is 1. The molecule has 1 aliphatic rings. The summed E-state index contributed by atoms with van der Waals surface area (Å²) in [6.07, 6.45) is 0. The third-order valence-corrected chi connectivity index (χ3v) is 6.90. The molecule has 1 saturated heterocycles. The molecule has 0 spiro atoms. The van der Waals surface area contributed by atoms with Gasteiger partial charge in [0, 0.05) is 50.2 Å². The second-order valence-corrected chi connectivity index (χ2v) is 9.30. The van der Waals surface area contributed by atoms with E-state index < -0.39 is 0 Å². The number of rotatable bonds is 6. The van der Waals surface area contributed by atoms with Crippen LogP contribution < -0.4 is 4.74 Å². The Kier molecular flexibility index (Phi) is 6.36. The predicted octanol–water partition coefficient (Wildman–Crippen LogP) is 4.12. The first-order valence-electron chi connectivity index (χ1n) is 9.50. The van der Waals surface area contributed by atoms with Crippen LogP contribution >= 0.6 is 35.2 Å². The Hall–Kier alpha value is -1.71. The van der Waals surface area contributed by atoms with Crippen molar-refractivity contribution in [3.63, 3.8) is 0 Å². The van der Waals surface area contributed by atoms with Gasteiger partial charge in [0.15, 0.2) is 10.6 Å². The minimum Gasteiger partial charge on any atom is -0.497 e. The summed E-state index contributed by atoms with van der Waals surface area (Å²) in [4.78, 5) is 6.19. The fourth-order valence-electron chi connectivity index (χ4n) is 3.51. The Morgan fingerprint density at radius 3 is 2.38 bits per heavy atom. The maximum atomic E-state index is 6.04. The van der Waals surface area contributed by atoms with E-state index in [2.05, 4.69) is 15.9 Å². The summed E-state index contributed by atoms with van der Waals surface area (Å²) >= 11 is 13.3. The van der Waals surface area contributed by atoms with Crippen LogP contribution in [0.1, 0.15) is 4.88 Å². The highest BCUT2D eigenvalue weighted by Gasteiger charge is 2.19. The summed E-state index contributed by atoms with van der Waals surface area (Å²) < 4.78 is 10.7. The highest BCUT2D eigenvalue weighted by atomic mass is 35.5. The molecule has 0 unspecified atom stereocenters. The van der Waals surface area contributed by atoms with Gasteiger partial charge in [-0.05, 0) is 48.6 Å². The normalized spacial score (nSPS) is 15.7. The Balaban J connectivity index is 1.39. The van der Waals surface area contributed by atoms with Gasteiger partial charge in [-0.15, -0.1) is 11.3 Å². The van der Waals surface area contributed by atoms with E-state index in [0.717, 1.165) is 59.0 Å². The molecule has 0 amide bonds. The third kappa shape index (κ3) is 4.73. The van der Waals surface area contributed by atoms with Crippen molar-refractivity contribution in [3.05, 3.63) is 50.4 Å². The molecule has 3 heterocycles. The molecule has 6 nitrogen and oxygen atoms in total. The highest BCUT2D eigenvalue weighted by molar-refractivity contribution is 7.71. The molecule has 0 bridgehead atoms. The maximum absolute atomic E-state index is 6.04. The van der Waals surface area contributed by atoms with E-state index in [1.807, 2.05) is 46.6 Å². The average molecular weight is 450 g/mol. The molecule has 1 fully saturated rings. The van der Waals surface area contributed by atoms with E-state index in [4.69, 9.17) is 33.7 Å². The molecule has 1 aromatic carbocycles. The number of hydrogen-bond acceptors (Lipinski definition) is 6. The van der Waals surface area contributed by atoms with Crippen molar-refractivity contribution in [2.24, 2.45) is 7.05 Å². The summed E-state index contributed by atoms with van der Waals surface area (Å²) in [6, 6.07) is 12.0. The van der Waals surface area contributed by atoms with Crippen molar-refractivity contribution in [3.8, 4) is 17.1 Å². The Morgan fingerprint density at radius 1 is 1.07 bits per heavy atom. The lowest BCUT2D eigenvalue weighted by atomic mass is 10.2. The van der Waals surface area contributed by atoms with Gasteiger partial charge >= 0.3 is 0 Å². The molecule has 0 saturated carbocycles. The van der Waals surface area contributed by atoms with Crippen LogP contribution in [0, 0.1) is 4.77 Å². The standard InChI is InChI=1S/C20H24ClN5OS2/c1-23-19(15-3-5-16(27-2)6-4-15)22-26(20(23)28)14-25-11-9-24(10-12-25)13-17-7-8-18(21)29-17/h3-8H,9-14H2,1-2H3. The topological polar surface area (TPSA) is 38.5 Å². The van der Waals surface area contributed by atoms with Crippen molar-refractivity contribution >= 4 is 35.2 Å². The molecule has 0 aliphatic carbocycles. The van der Waals surface area contributed by atoms with Crippen LogP contribution in [0.2, 0.25) is 4.34 Å². The van der Waals surface area contributed by atoms with Gasteiger partial charge in [0.25, 0.3) is 0 Å². The predicted molar refractivity (Wildman–Crippen MR) is 120 cm³/mol. The SMILES string of the molecule is COc1ccc(-c2nn(CN3CCN(Cc4ccc(Cl)s4)CC3)c(=S)n2C)cc1. The molecule has 0 N–H and O–H groups in total. The zero-order valence-electron chi connectivity index (χ0n) is 16.5. The highest BCUT2D eigenvalue weighted by Crippen LogP contribution is 2.24. The van der Waals surface area contributed by atoms with Crippen molar-refractivity contribution in [2.75, 3.05) is 33.3 Å². The van der Waals surface area contributed by atoms with Crippen LogP contribution in [0.4, 0.5) is 0 Å². The fourth-order valence-corrected chi connectivity index (χ4v) is 4.82. The van der Waals surface area contributed by atoms with Crippen molar-refractivity contribution < 1.29 is 4.74 Å². The van der Waals surface area contributed by atoms with Crippen molar-refractivity contribution in [1.82, 2.24) is 24.1 Å². The Morgan fingerprint density at radius 2 is 1.76 bits per heavy atom. The first-order valence-corrected chi connectivity index (χ1v) is 11.1. The number of thiophene rings is 1. The smallest absolute Gasteiger partial charge is 0.199 e. The molecule has 4 rings (SSSR count). The van der Waals surface area contributed by atoms with E-state index >= 15 is 0 Å². The van der Waals surface area contributed by atoms with Gasteiger partial charge < -0.3 is 9.30 Å². The number of nitrogens with zero attached hydrogens (tertiary/aromatic N) is 5. The fraction of sp³-hybridized carbons (Fsp3) is 0.400. The number of hydrogen-bond donors (Lipinski definition) is 0. The molecule has 2 aromatic heterocycles. The Bertz CT molecular complexity index is 1020. The van der Waals surface area contributed by atoms with E-state index in [0.29, 0.717) is 6.67 Å². The van der Waals surface area contributed by atoms with Gasteiger partial charge in [0.2, 0.25) is 0 Å².